The third-order valence-electron chi connectivity index (χ3n) is 7.16. The average Bonchev–Trinajstić information content (AvgIpc) is 2.79. The van der Waals surface area contributed by atoms with E-state index in [1.807, 2.05) is 6.08 Å². The van der Waals surface area contributed by atoms with Crippen molar-refractivity contribution in [2.75, 3.05) is 0 Å². The van der Waals surface area contributed by atoms with Crippen LogP contribution >= 0.6 is 0 Å². The van der Waals surface area contributed by atoms with Gasteiger partial charge in [-0.15, -0.1) is 0 Å². The van der Waals surface area contributed by atoms with Gasteiger partial charge in [-0.2, -0.15) is 0 Å². The highest BCUT2D eigenvalue weighted by Gasteiger charge is 2.30. The molecule has 1 heteroatoms. The van der Waals surface area contributed by atoms with Crippen LogP contribution in [-0.4, -0.2) is 10.9 Å². The summed E-state index contributed by atoms with van der Waals surface area (Å²) < 4.78 is 0. The summed E-state index contributed by atoms with van der Waals surface area (Å²) in [6.07, 6.45) is 21.7. The molecular weight excluding hydrogens is 374 g/mol. The summed E-state index contributed by atoms with van der Waals surface area (Å²) in [6, 6.07) is 5.50. The molecule has 0 aromatic heterocycles. The maximum Gasteiger partial charge on any atom is 0.0491 e. The van der Waals surface area contributed by atoms with Crippen LogP contribution < -0.4 is 0 Å². The highest BCUT2D eigenvalue weighted by molar-refractivity contribution is 5.77. The van der Waals surface area contributed by atoms with Crippen LogP contribution in [0.1, 0.15) is 68.7 Å². The van der Waals surface area contributed by atoms with Crippen molar-refractivity contribution in [3.63, 3.8) is 0 Å². The maximum absolute atomic E-state index is 4.28. The molecule has 2 unspecified atom stereocenters. The molecule has 0 spiro atoms. The Hall–Kier alpha value is -2.54. The van der Waals surface area contributed by atoms with E-state index in [0.717, 1.165) is 30.4 Å². The number of nitrogens with zero attached hydrogens (tertiary/aromatic N) is 1. The summed E-state index contributed by atoms with van der Waals surface area (Å²) in [4.78, 5) is 2.47. The first-order valence-electron chi connectivity index (χ1n) is 12.1. The minimum absolute atomic E-state index is 0.502. The summed E-state index contributed by atoms with van der Waals surface area (Å²) in [5.74, 6) is 0.699. The van der Waals surface area contributed by atoms with E-state index in [1.54, 1.807) is 5.56 Å². The molecule has 1 aromatic carbocycles. The molecule has 2 aliphatic heterocycles. The van der Waals surface area contributed by atoms with E-state index in [9.17, 15) is 0 Å². The second-order valence-electron chi connectivity index (χ2n) is 9.35. The normalized spacial score (nSPS) is 22.4. The molecule has 2 atom stereocenters. The molecule has 0 radical (unpaired) electrons. The smallest absolute Gasteiger partial charge is 0.0491 e. The van der Waals surface area contributed by atoms with Crippen LogP contribution in [0.4, 0.5) is 0 Å². The summed E-state index contributed by atoms with van der Waals surface area (Å²) >= 11 is 0. The van der Waals surface area contributed by atoms with Crippen molar-refractivity contribution in [1.29, 1.82) is 0 Å². The zero-order valence-electron chi connectivity index (χ0n) is 19.6. The van der Waals surface area contributed by atoms with E-state index in [0.29, 0.717) is 12.0 Å². The summed E-state index contributed by atoms with van der Waals surface area (Å²) in [7, 11) is 0. The Morgan fingerprint density at radius 1 is 1.16 bits per heavy atom. The zero-order chi connectivity index (χ0) is 22.0. The Bertz CT molecular complexity index is 997. The van der Waals surface area contributed by atoms with Crippen LogP contribution in [0, 0.1) is 5.92 Å². The lowest BCUT2D eigenvalue weighted by Crippen LogP contribution is -2.37. The molecule has 0 fully saturated rings. The van der Waals surface area contributed by atoms with Gasteiger partial charge in [-0.1, -0.05) is 69.9 Å². The lowest BCUT2D eigenvalue weighted by molar-refractivity contribution is 0.353. The minimum atomic E-state index is 0.502. The Balaban J connectivity index is 1.59. The van der Waals surface area contributed by atoms with Gasteiger partial charge in [-0.3, -0.25) is 0 Å². The number of hydrogen-bond acceptors (Lipinski definition) is 1. The van der Waals surface area contributed by atoms with Crippen molar-refractivity contribution in [3.8, 4) is 0 Å². The molecule has 31 heavy (non-hydrogen) atoms. The molecule has 1 aliphatic carbocycles. The van der Waals surface area contributed by atoms with E-state index in [2.05, 4.69) is 81.5 Å². The number of benzene rings is 1. The van der Waals surface area contributed by atoms with Gasteiger partial charge in [0.05, 0.1) is 0 Å². The fourth-order valence-corrected chi connectivity index (χ4v) is 5.17. The topological polar surface area (TPSA) is 3.24 Å². The average molecular weight is 412 g/mol. The van der Waals surface area contributed by atoms with E-state index in [4.69, 9.17) is 0 Å². The quantitative estimate of drug-likeness (QED) is 0.444. The van der Waals surface area contributed by atoms with Gasteiger partial charge in [0.2, 0.25) is 0 Å². The number of hydrogen-bond donors (Lipinski definition) is 0. The molecule has 0 bridgehead atoms. The van der Waals surface area contributed by atoms with Gasteiger partial charge in [0, 0.05) is 23.5 Å². The SMILES string of the molecule is C=CC1=CN2C(=CC1=C)c1cc(CC)c(CCCC3=CCC(C)C=C3)cc1CC2CC. The minimum Gasteiger partial charge on any atom is -0.343 e. The van der Waals surface area contributed by atoms with Gasteiger partial charge >= 0.3 is 0 Å². The standard InChI is InChI=1S/C30H37N/c1-6-24-19-29-27(17-26(24)11-9-10-23-14-12-21(4)13-15-23)18-28(8-3)31-20-25(7-2)22(5)16-30(29)31/h7,12,14-17,19-21,28H,2,5-6,8-11,13,18H2,1,3-4H3. The lowest BCUT2D eigenvalue weighted by Gasteiger charge is -2.41. The van der Waals surface area contributed by atoms with Gasteiger partial charge in [0.15, 0.2) is 0 Å². The molecular formula is C30H37N. The molecule has 3 aliphatic rings. The summed E-state index contributed by atoms with van der Waals surface area (Å²) in [6.45, 7) is 15.1. The second kappa shape index (κ2) is 9.30. The number of allylic oxidation sites excluding steroid dienone is 8. The molecule has 2 heterocycles. The van der Waals surface area contributed by atoms with Crippen molar-refractivity contribution in [2.24, 2.45) is 5.92 Å². The second-order valence-corrected chi connectivity index (χ2v) is 9.35. The Labute approximate surface area is 189 Å². The van der Waals surface area contributed by atoms with Crippen LogP contribution in [-0.2, 0) is 19.3 Å². The van der Waals surface area contributed by atoms with Crippen molar-refractivity contribution in [2.45, 2.75) is 71.8 Å². The first-order valence-corrected chi connectivity index (χ1v) is 12.1. The van der Waals surface area contributed by atoms with Gasteiger partial charge in [0.1, 0.15) is 0 Å². The Morgan fingerprint density at radius 2 is 2.00 bits per heavy atom. The van der Waals surface area contributed by atoms with Crippen molar-refractivity contribution < 1.29 is 0 Å². The maximum atomic E-state index is 4.28. The van der Waals surface area contributed by atoms with Gasteiger partial charge < -0.3 is 4.90 Å². The highest BCUT2D eigenvalue weighted by atomic mass is 15.2. The van der Waals surface area contributed by atoms with E-state index in [1.165, 1.54) is 53.6 Å². The van der Waals surface area contributed by atoms with Crippen LogP contribution in [0.25, 0.3) is 5.70 Å². The predicted octanol–water partition coefficient (Wildman–Crippen LogP) is 7.71. The third kappa shape index (κ3) is 4.42. The molecule has 0 N–H and O–H groups in total. The fraction of sp³-hybridized carbons (Fsp3) is 0.400. The van der Waals surface area contributed by atoms with Crippen molar-refractivity contribution in [3.05, 3.63) is 101 Å². The lowest BCUT2D eigenvalue weighted by atomic mass is 9.83. The first kappa shape index (κ1) is 21.7. The molecule has 4 rings (SSSR count). The monoisotopic (exact) mass is 411 g/mol. The number of aryl methyl sites for hydroxylation is 2. The largest absolute Gasteiger partial charge is 0.343 e. The van der Waals surface area contributed by atoms with Gasteiger partial charge in [-0.25, -0.2) is 0 Å². The van der Waals surface area contributed by atoms with Crippen LogP contribution in [0.3, 0.4) is 0 Å². The van der Waals surface area contributed by atoms with Crippen LogP contribution in [0.15, 0.2) is 78.6 Å². The number of fused-ring (bicyclic) bond motifs is 3. The molecule has 162 valence electrons. The van der Waals surface area contributed by atoms with Crippen molar-refractivity contribution >= 4 is 5.70 Å². The van der Waals surface area contributed by atoms with E-state index < -0.39 is 0 Å². The van der Waals surface area contributed by atoms with E-state index in [-0.39, 0.29) is 0 Å². The van der Waals surface area contributed by atoms with Gasteiger partial charge in [-0.05, 0) is 90.8 Å². The van der Waals surface area contributed by atoms with Crippen LogP contribution in [0.2, 0.25) is 0 Å². The molecule has 0 saturated heterocycles. The first-order chi connectivity index (χ1) is 15.0. The summed E-state index contributed by atoms with van der Waals surface area (Å²) in [5.41, 5.74) is 11.0. The Morgan fingerprint density at radius 3 is 2.68 bits per heavy atom. The molecule has 1 nitrogen and oxygen atoms in total. The molecule has 0 amide bonds. The molecule has 1 aromatic rings. The van der Waals surface area contributed by atoms with Gasteiger partial charge in [0.25, 0.3) is 0 Å². The fourth-order valence-electron chi connectivity index (χ4n) is 5.17. The number of rotatable bonds is 7. The zero-order valence-corrected chi connectivity index (χ0v) is 19.6. The van der Waals surface area contributed by atoms with Crippen LogP contribution in [0.5, 0.6) is 0 Å². The highest BCUT2D eigenvalue weighted by Crippen LogP contribution is 2.40. The third-order valence-corrected chi connectivity index (χ3v) is 7.16. The molecule has 0 saturated carbocycles. The predicted molar refractivity (Wildman–Crippen MR) is 135 cm³/mol. The van der Waals surface area contributed by atoms with Crippen molar-refractivity contribution in [1.82, 2.24) is 4.90 Å². The Kier molecular flexibility index (Phi) is 6.51. The van der Waals surface area contributed by atoms with E-state index >= 15 is 0 Å². The summed E-state index contributed by atoms with van der Waals surface area (Å²) in [5, 5.41) is 0.